The Morgan fingerprint density at radius 3 is 2.57 bits per heavy atom. The van der Waals surface area contributed by atoms with E-state index in [1.165, 1.54) is 13.8 Å². The van der Waals surface area contributed by atoms with Crippen LogP contribution in [0, 0.1) is 0 Å². The Balaban J connectivity index is 2.38. The van der Waals surface area contributed by atoms with E-state index in [1.807, 2.05) is 0 Å². The maximum atomic E-state index is 11.3. The molecule has 0 aromatic heterocycles. The fourth-order valence-electron chi connectivity index (χ4n) is 2.51. The van der Waals surface area contributed by atoms with Crippen molar-refractivity contribution >= 4 is 11.9 Å². The van der Waals surface area contributed by atoms with Crippen LogP contribution in [0.1, 0.15) is 52.4 Å². The number of aliphatic hydroxyl groups excluding tert-OH is 1. The zero-order chi connectivity index (χ0) is 17.1. The van der Waals surface area contributed by atoms with Gasteiger partial charge in [0.15, 0.2) is 6.29 Å². The first kappa shape index (κ1) is 19.9. The Morgan fingerprint density at radius 2 is 1.91 bits per heavy atom. The molecule has 0 saturated carbocycles. The first-order valence-corrected chi connectivity index (χ1v) is 8.31. The quantitative estimate of drug-likeness (QED) is 0.460. The average Bonchev–Trinajstić information content (AvgIpc) is 2.50. The van der Waals surface area contributed by atoms with E-state index in [-0.39, 0.29) is 37.2 Å². The molecule has 7 nitrogen and oxygen atoms in total. The van der Waals surface area contributed by atoms with Crippen LogP contribution in [0.25, 0.3) is 0 Å². The van der Waals surface area contributed by atoms with Crippen LogP contribution in [-0.4, -0.2) is 55.2 Å². The van der Waals surface area contributed by atoms with Gasteiger partial charge in [0, 0.05) is 27.1 Å². The molecule has 1 saturated heterocycles. The summed E-state index contributed by atoms with van der Waals surface area (Å²) in [6.07, 6.45) is 4.33. The largest absolute Gasteiger partial charge is 0.463 e. The molecular formula is C16H29NO6. The predicted molar refractivity (Wildman–Crippen MR) is 83.6 cm³/mol. The lowest BCUT2D eigenvalue weighted by Gasteiger charge is -2.36. The highest BCUT2D eigenvalue weighted by atomic mass is 16.7. The van der Waals surface area contributed by atoms with Crippen molar-refractivity contribution in [1.82, 2.24) is 5.32 Å². The third-order valence-corrected chi connectivity index (χ3v) is 3.65. The topological polar surface area (TPSA) is 94.1 Å². The van der Waals surface area contributed by atoms with Gasteiger partial charge in [-0.05, 0) is 25.7 Å². The monoisotopic (exact) mass is 331 g/mol. The zero-order valence-electron chi connectivity index (χ0n) is 14.1. The van der Waals surface area contributed by atoms with Crippen LogP contribution < -0.4 is 5.32 Å². The van der Waals surface area contributed by atoms with Crippen LogP contribution in [0.5, 0.6) is 0 Å². The molecule has 0 spiro atoms. The van der Waals surface area contributed by atoms with Gasteiger partial charge in [0.05, 0.1) is 12.1 Å². The number of rotatable bonds is 10. The van der Waals surface area contributed by atoms with E-state index in [0.29, 0.717) is 13.0 Å². The Morgan fingerprint density at radius 1 is 1.17 bits per heavy atom. The van der Waals surface area contributed by atoms with E-state index < -0.39 is 6.29 Å². The molecule has 2 N–H and O–H groups in total. The van der Waals surface area contributed by atoms with Gasteiger partial charge in [-0.25, -0.2) is 0 Å². The van der Waals surface area contributed by atoms with Gasteiger partial charge in [-0.15, -0.1) is 0 Å². The lowest BCUT2D eigenvalue weighted by Crippen LogP contribution is -2.51. The summed E-state index contributed by atoms with van der Waals surface area (Å²) in [7, 11) is 0. The van der Waals surface area contributed by atoms with Gasteiger partial charge in [0.25, 0.3) is 0 Å². The minimum atomic E-state index is -0.522. The number of carbonyl (C=O) groups excluding carboxylic acids is 2. The molecule has 1 aliphatic heterocycles. The highest BCUT2D eigenvalue weighted by Gasteiger charge is 2.32. The number of hydrogen-bond donors (Lipinski definition) is 2. The van der Waals surface area contributed by atoms with Crippen LogP contribution in [0.3, 0.4) is 0 Å². The normalized spacial score (nSPS) is 24.2. The second kappa shape index (κ2) is 11.4. The third-order valence-electron chi connectivity index (χ3n) is 3.65. The Kier molecular flexibility index (Phi) is 9.82. The first-order chi connectivity index (χ1) is 11.0. The molecule has 3 atom stereocenters. The predicted octanol–water partition coefficient (Wildman–Crippen LogP) is 1.13. The van der Waals surface area contributed by atoms with Crippen molar-refractivity contribution in [1.29, 1.82) is 0 Å². The van der Waals surface area contributed by atoms with E-state index in [1.54, 1.807) is 0 Å². The third kappa shape index (κ3) is 8.88. The van der Waals surface area contributed by atoms with Crippen molar-refractivity contribution in [3.8, 4) is 0 Å². The molecule has 134 valence electrons. The number of ether oxygens (including phenoxy) is 3. The number of esters is 1. The molecule has 23 heavy (non-hydrogen) atoms. The molecule has 1 fully saturated rings. The fraction of sp³-hybridized carbons (Fsp3) is 0.875. The molecule has 1 aliphatic rings. The zero-order valence-corrected chi connectivity index (χ0v) is 14.1. The molecule has 7 heteroatoms. The van der Waals surface area contributed by atoms with Gasteiger partial charge in [0.1, 0.15) is 6.61 Å². The maximum absolute atomic E-state index is 11.3. The second-order valence-corrected chi connectivity index (χ2v) is 5.82. The van der Waals surface area contributed by atoms with Crippen LogP contribution in [0.2, 0.25) is 0 Å². The SMILES string of the molecule is CC(=O)N[C@@H]1CC[C@H](COC(C)=O)O[C@H]1OCCCCCCO. The van der Waals surface area contributed by atoms with Crippen molar-refractivity contribution in [2.75, 3.05) is 19.8 Å². The smallest absolute Gasteiger partial charge is 0.302 e. The van der Waals surface area contributed by atoms with Gasteiger partial charge in [-0.2, -0.15) is 0 Å². The average molecular weight is 331 g/mol. The van der Waals surface area contributed by atoms with Gasteiger partial charge in [0.2, 0.25) is 5.91 Å². The standard InChI is InChI=1S/C16H29NO6/c1-12(19)17-15-8-7-14(11-22-13(2)20)23-16(15)21-10-6-4-3-5-9-18/h14-16,18H,3-11H2,1-2H3,(H,17,19)/t14-,15-,16-/m1/s1. The van der Waals surface area contributed by atoms with E-state index in [9.17, 15) is 9.59 Å². The van der Waals surface area contributed by atoms with Crippen LogP contribution in [0.15, 0.2) is 0 Å². The highest BCUT2D eigenvalue weighted by Crippen LogP contribution is 2.21. The summed E-state index contributed by atoms with van der Waals surface area (Å²) in [5.74, 6) is -0.451. The summed E-state index contributed by atoms with van der Waals surface area (Å²) in [4.78, 5) is 22.2. The van der Waals surface area contributed by atoms with Gasteiger partial charge < -0.3 is 24.6 Å². The van der Waals surface area contributed by atoms with Crippen molar-refractivity contribution < 1.29 is 28.9 Å². The number of carbonyl (C=O) groups is 2. The molecule has 0 unspecified atom stereocenters. The van der Waals surface area contributed by atoms with Crippen molar-refractivity contribution in [2.45, 2.75) is 70.8 Å². The van der Waals surface area contributed by atoms with Gasteiger partial charge >= 0.3 is 5.97 Å². The molecule has 0 aliphatic carbocycles. The number of amides is 1. The Bertz CT molecular complexity index is 362. The summed E-state index contributed by atoms with van der Waals surface area (Å²) >= 11 is 0. The number of hydrogen-bond acceptors (Lipinski definition) is 6. The number of unbranched alkanes of at least 4 members (excludes halogenated alkanes) is 3. The van der Waals surface area contributed by atoms with Crippen molar-refractivity contribution in [3.63, 3.8) is 0 Å². The maximum Gasteiger partial charge on any atom is 0.302 e. The summed E-state index contributed by atoms with van der Waals surface area (Å²) in [6, 6.07) is -0.182. The van der Waals surface area contributed by atoms with E-state index in [0.717, 1.165) is 32.1 Å². The molecule has 1 amide bonds. The minimum Gasteiger partial charge on any atom is -0.463 e. The molecule has 0 radical (unpaired) electrons. The van der Waals surface area contributed by atoms with E-state index in [4.69, 9.17) is 19.3 Å². The molecule has 0 aromatic carbocycles. The van der Waals surface area contributed by atoms with E-state index >= 15 is 0 Å². The molecule has 1 heterocycles. The Hall–Kier alpha value is -1.18. The van der Waals surface area contributed by atoms with Crippen molar-refractivity contribution in [3.05, 3.63) is 0 Å². The second-order valence-electron chi connectivity index (χ2n) is 5.82. The van der Waals surface area contributed by atoms with Crippen LogP contribution in [0.4, 0.5) is 0 Å². The first-order valence-electron chi connectivity index (χ1n) is 8.31. The van der Waals surface area contributed by atoms with Crippen LogP contribution >= 0.6 is 0 Å². The van der Waals surface area contributed by atoms with Gasteiger partial charge in [-0.3, -0.25) is 9.59 Å². The molecular weight excluding hydrogens is 302 g/mol. The van der Waals surface area contributed by atoms with Crippen molar-refractivity contribution in [2.24, 2.45) is 0 Å². The fourth-order valence-corrected chi connectivity index (χ4v) is 2.51. The van der Waals surface area contributed by atoms with Gasteiger partial charge in [-0.1, -0.05) is 12.8 Å². The lowest BCUT2D eigenvalue weighted by atomic mass is 10.0. The molecule has 0 aromatic rings. The van der Waals surface area contributed by atoms with E-state index in [2.05, 4.69) is 5.32 Å². The minimum absolute atomic E-state index is 0.117. The highest BCUT2D eigenvalue weighted by molar-refractivity contribution is 5.73. The van der Waals surface area contributed by atoms with Crippen LogP contribution in [-0.2, 0) is 23.8 Å². The molecule has 0 bridgehead atoms. The summed E-state index contributed by atoms with van der Waals surface area (Å²) in [5, 5.41) is 11.6. The Labute approximate surface area is 137 Å². The summed E-state index contributed by atoms with van der Waals surface area (Å²) in [6.45, 7) is 3.79. The number of aliphatic hydroxyl groups is 1. The summed E-state index contributed by atoms with van der Waals surface area (Å²) < 4.78 is 16.6. The molecule has 1 rings (SSSR count). The lowest BCUT2D eigenvalue weighted by molar-refractivity contribution is -0.217. The number of nitrogens with one attached hydrogen (secondary N) is 1. The summed E-state index contributed by atoms with van der Waals surface area (Å²) in [5.41, 5.74) is 0.